The number of carbonyl (C=O) groups excluding carboxylic acids is 1. The summed E-state index contributed by atoms with van der Waals surface area (Å²) in [6, 6.07) is 0.628. The number of ether oxygens (including phenoxy) is 1. The molecule has 1 fully saturated rings. The van der Waals surface area contributed by atoms with Gasteiger partial charge in [-0.1, -0.05) is 13.8 Å². The molecule has 19 heavy (non-hydrogen) atoms. The van der Waals surface area contributed by atoms with Crippen molar-refractivity contribution in [2.75, 3.05) is 26.2 Å². The number of esters is 1. The highest BCUT2D eigenvalue weighted by Crippen LogP contribution is 2.24. The minimum absolute atomic E-state index is 0.128. The van der Waals surface area contributed by atoms with E-state index in [1.54, 1.807) is 0 Å². The smallest absolute Gasteiger partial charge is 0.326 e. The van der Waals surface area contributed by atoms with Gasteiger partial charge in [0.05, 0.1) is 6.61 Å². The Kier molecular flexibility index (Phi) is 6.27. The highest BCUT2D eigenvalue weighted by Gasteiger charge is 2.35. The fraction of sp³-hybridized carbons (Fsp3) is 0.933. The van der Waals surface area contributed by atoms with Crippen molar-refractivity contribution in [3.63, 3.8) is 0 Å². The highest BCUT2D eigenvalue weighted by molar-refractivity contribution is 5.80. The van der Waals surface area contributed by atoms with E-state index >= 15 is 0 Å². The maximum Gasteiger partial charge on any atom is 0.326 e. The zero-order valence-corrected chi connectivity index (χ0v) is 13.2. The first-order valence-corrected chi connectivity index (χ1v) is 7.59. The molecular weight excluding hydrogens is 240 g/mol. The molecule has 0 aromatic rings. The van der Waals surface area contributed by atoms with Crippen molar-refractivity contribution in [2.24, 2.45) is 5.92 Å². The zero-order chi connectivity index (χ0) is 14.5. The number of hydrogen-bond donors (Lipinski definition) is 1. The number of carbonyl (C=O) groups is 1. The monoisotopic (exact) mass is 270 g/mol. The van der Waals surface area contributed by atoms with Gasteiger partial charge in [-0.2, -0.15) is 0 Å². The van der Waals surface area contributed by atoms with Gasteiger partial charge in [-0.3, -0.25) is 4.79 Å². The first kappa shape index (κ1) is 16.4. The number of hydrogen-bond acceptors (Lipinski definition) is 4. The van der Waals surface area contributed by atoms with Crippen LogP contribution in [0.5, 0.6) is 0 Å². The van der Waals surface area contributed by atoms with Crippen molar-refractivity contribution in [3.05, 3.63) is 0 Å². The molecule has 0 radical (unpaired) electrons. The Morgan fingerprint density at radius 3 is 2.58 bits per heavy atom. The third-order valence-electron chi connectivity index (χ3n) is 4.10. The molecule has 1 aliphatic heterocycles. The van der Waals surface area contributed by atoms with Gasteiger partial charge in [-0.25, -0.2) is 0 Å². The lowest BCUT2D eigenvalue weighted by atomic mass is 9.97. The topological polar surface area (TPSA) is 41.6 Å². The van der Waals surface area contributed by atoms with E-state index in [-0.39, 0.29) is 5.97 Å². The predicted octanol–water partition coefficient (Wildman–Crippen LogP) is 2.04. The van der Waals surface area contributed by atoms with E-state index < -0.39 is 5.54 Å². The summed E-state index contributed by atoms with van der Waals surface area (Å²) in [5.41, 5.74) is -0.559. The van der Waals surface area contributed by atoms with Crippen LogP contribution in [0.2, 0.25) is 0 Å². The average Bonchev–Trinajstić information content (AvgIpc) is 2.66. The van der Waals surface area contributed by atoms with Gasteiger partial charge in [0, 0.05) is 19.1 Å². The average molecular weight is 270 g/mol. The summed E-state index contributed by atoms with van der Waals surface area (Å²) < 4.78 is 5.20. The van der Waals surface area contributed by atoms with E-state index in [9.17, 15) is 4.79 Å². The maximum atomic E-state index is 12.1. The van der Waals surface area contributed by atoms with Crippen molar-refractivity contribution >= 4 is 5.97 Å². The molecule has 1 rings (SSSR count). The van der Waals surface area contributed by atoms with Crippen LogP contribution in [-0.2, 0) is 9.53 Å². The van der Waals surface area contributed by atoms with Crippen molar-refractivity contribution in [1.29, 1.82) is 0 Å². The molecule has 1 N–H and O–H groups in total. The van der Waals surface area contributed by atoms with E-state index in [0.717, 1.165) is 32.0 Å². The number of rotatable bonds is 7. The van der Waals surface area contributed by atoms with Crippen molar-refractivity contribution in [1.82, 2.24) is 10.2 Å². The third-order valence-corrected chi connectivity index (χ3v) is 4.10. The fourth-order valence-corrected chi connectivity index (χ4v) is 3.01. The van der Waals surface area contributed by atoms with E-state index in [0.29, 0.717) is 12.6 Å². The molecule has 0 aliphatic carbocycles. The van der Waals surface area contributed by atoms with E-state index in [4.69, 9.17) is 4.74 Å². The van der Waals surface area contributed by atoms with Crippen LogP contribution in [0.4, 0.5) is 0 Å². The van der Waals surface area contributed by atoms with E-state index in [2.05, 4.69) is 24.1 Å². The predicted molar refractivity (Wildman–Crippen MR) is 78.1 cm³/mol. The molecule has 0 saturated carbocycles. The van der Waals surface area contributed by atoms with Gasteiger partial charge in [0.25, 0.3) is 0 Å². The first-order chi connectivity index (χ1) is 8.92. The Labute approximate surface area is 117 Å². The summed E-state index contributed by atoms with van der Waals surface area (Å²) in [4.78, 5) is 14.6. The molecule has 0 aromatic carbocycles. The Bertz CT molecular complexity index is 296. The summed E-state index contributed by atoms with van der Waals surface area (Å²) in [5.74, 6) is 0.639. The normalized spacial score (nSPS) is 27.2. The van der Waals surface area contributed by atoms with Gasteiger partial charge in [0.1, 0.15) is 5.54 Å². The van der Waals surface area contributed by atoms with Crippen LogP contribution < -0.4 is 5.32 Å². The van der Waals surface area contributed by atoms with Gasteiger partial charge in [-0.15, -0.1) is 0 Å². The number of likely N-dealkylation sites (tertiary alicyclic amines) is 1. The van der Waals surface area contributed by atoms with Gasteiger partial charge >= 0.3 is 5.97 Å². The van der Waals surface area contributed by atoms with Crippen LogP contribution in [0.1, 0.15) is 47.5 Å². The Morgan fingerprint density at radius 1 is 1.42 bits per heavy atom. The largest absolute Gasteiger partial charge is 0.465 e. The lowest BCUT2D eigenvalue weighted by Crippen LogP contribution is -2.52. The second-order valence-electron chi connectivity index (χ2n) is 6.02. The second kappa shape index (κ2) is 7.25. The summed E-state index contributed by atoms with van der Waals surface area (Å²) >= 11 is 0. The van der Waals surface area contributed by atoms with E-state index in [1.165, 1.54) is 6.42 Å². The van der Waals surface area contributed by atoms with Crippen LogP contribution in [-0.4, -0.2) is 48.7 Å². The Morgan fingerprint density at radius 2 is 2.11 bits per heavy atom. The molecule has 3 unspecified atom stereocenters. The molecule has 0 aromatic heterocycles. The lowest BCUT2D eigenvalue weighted by molar-refractivity contribution is -0.151. The molecule has 4 heteroatoms. The van der Waals surface area contributed by atoms with Crippen molar-refractivity contribution in [3.8, 4) is 0 Å². The molecule has 3 atom stereocenters. The van der Waals surface area contributed by atoms with Crippen LogP contribution >= 0.6 is 0 Å². The summed E-state index contributed by atoms with van der Waals surface area (Å²) in [6.45, 7) is 13.7. The molecule has 1 saturated heterocycles. The van der Waals surface area contributed by atoms with Crippen molar-refractivity contribution in [2.45, 2.75) is 59.0 Å². The molecule has 1 aliphatic rings. The number of nitrogens with zero attached hydrogens (tertiary/aromatic N) is 1. The summed E-state index contributed by atoms with van der Waals surface area (Å²) in [7, 11) is 0. The Hall–Kier alpha value is -0.610. The zero-order valence-electron chi connectivity index (χ0n) is 13.2. The minimum Gasteiger partial charge on any atom is -0.465 e. The quantitative estimate of drug-likeness (QED) is 0.719. The summed E-state index contributed by atoms with van der Waals surface area (Å²) in [5, 5.41) is 3.29. The van der Waals surface area contributed by atoms with Gasteiger partial charge in [0.15, 0.2) is 0 Å². The number of nitrogens with one attached hydrogen (secondary N) is 1. The molecule has 1 heterocycles. The van der Waals surface area contributed by atoms with E-state index in [1.807, 2.05) is 20.8 Å². The second-order valence-corrected chi connectivity index (χ2v) is 6.02. The van der Waals surface area contributed by atoms with Gasteiger partial charge in [-0.05, 0) is 46.1 Å². The SMILES string of the molecule is CCNC(C)(CCN1CC(C)CC1C)C(=O)OCC. The molecule has 112 valence electrons. The van der Waals surface area contributed by atoms with Crippen LogP contribution in [0.15, 0.2) is 0 Å². The molecule has 0 bridgehead atoms. The molecule has 4 nitrogen and oxygen atoms in total. The maximum absolute atomic E-state index is 12.1. The van der Waals surface area contributed by atoms with Crippen LogP contribution in [0, 0.1) is 5.92 Å². The molecular formula is C15H30N2O2. The highest BCUT2D eigenvalue weighted by atomic mass is 16.5. The lowest BCUT2D eigenvalue weighted by Gasteiger charge is -2.31. The molecule has 0 spiro atoms. The third kappa shape index (κ3) is 4.46. The van der Waals surface area contributed by atoms with Crippen LogP contribution in [0.3, 0.4) is 0 Å². The standard InChI is InChI=1S/C15H30N2O2/c1-6-16-15(5,14(18)19-7-2)8-9-17-11-12(3)10-13(17)4/h12-13,16H,6-11H2,1-5H3. The first-order valence-electron chi connectivity index (χ1n) is 7.59. The Balaban J connectivity index is 2.56. The molecule has 0 amide bonds. The summed E-state index contributed by atoms with van der Waals surface area (Å²) in [6.07, 6.45) is 2.06. The van der Waals surface area contributed by atoms with Crippen LogP contribution in [0.25, 0.3) is 0 Å². The fourth-order valence-electron chi connectivity index (χ4n) is 3.01. The van der Waals surface area contributed by atoms with Gasteiger partial charge in [0.2, 0.25) is 0 Å². The number of likely N-dealkylation sites (N-methyl/N-ethyl adjacent to an activating group) is 1. The van der Waals surface area contributed by atoms with Gasteiger partial charge < -0.3 is 15.0 Å². The minimum atomic E-state index is -0.559. The van der Waals surface area contributed by atoms with Crippen molar-refractivity contribution < 1.29 is 9.53 Å².